The van der Waals surface area contributed by atoms with E-state index in [0.717, 1.165) is 12.8 Å². The molecular weight excluding hydrogens is 334 g/mol. The van der Waals surface area contributed by atoms with Crippen molar-refractivity contribution in [2.75, 3.05) is 44.2 Å². The highest BCUT2D eigenvalue weighted by atomic mass is 16.5. The normalized spacial score (nSPS) is 20.3. The van der Waals surface area contributed by atoms with Crippen molar-refractivity contribution in [3.63, 3.8) is 0 Å². The fourth-order valence-corrected chi connectivity index (χ4v) is 3.49. The first-order valence-electron chi connectivity index (χ1n) is 9.22. The van der Waals surface area contributed by atoms with Gasteiger partial charge in [-0.2, -0.15) is 0 Å². The van der Waals surface area contributed by atoms with E-state index < -0.39 is 0 Å². The van der Waals surface area contributed by atoms with Gasteiger partial charge in [0.25, 0.3) is 0 Å². The van der Waals surface area contributed by atoms with Gasteiger partial charge in [-0.05, 0) is 25.0 Å². The summed E-state index contributed by atoms with van der Waals surface area (Å²) in [5.41, 5.74) is 0.644. The zero-order valence-corrected chi connectivity index (χ0v) is 14.7. The van der Waals surface area contributed by atoms with E-state index >= 15 is 0 Å². The van der Waals surface area contributed by atoms with Gasteiger partial charge in [-0.3, -0.25) is 19.3 Å². The van der Waals surface area contributed by atoms with E-state index in [4.69, 9.17) is 4.74 Å². The van der Waals surface area contributed by atoms with Crippen LogP contribution in [-0.4, -0.2) is 66.9 Å². The lowest BCUT2D eigenvalue weighted by molar-refractivity contribution is -0.139. The number of para-hydroxylation sites is 2. The molecule has 0 bridgehead atoms. The molecule has 2 heterocycles. The van der Waals surface area contributed by atoms with E-state index in [2.05, 4.69) is 0 Å². The number of rotatable bonds is 3. The van der Waals surface area contributed by atoms with Crippen LogP contribution in [0.1, 0.15) is 19.3 Å². The summed E-state index contributed by atoms with van der Waals surface area (Å²) in [6.45, 7) is 2.54. The molecule has 4 rings (SSSR count). The highest BCUT2D eigenvalue weighted by Crippen LogP contribution is 2.32. The Morgan fingerprint density at radius 3 is 2.46 bits per heavy atom. The van der Waals surface area contributed by atoms with E-state index in [-0.39, 0.29) is 36.6 Å². The number of fused-ring (bicyclic) bond motifs is 1. The van der Waals surface area contributed by atoms with E-state index in [1.807, 2.05) is 23.1 Å². The predicted octanol–water partition coefficient (Wildman–Crippen LogP) is 0.883. The summed E-state index contributed by atoms with van der Waals surface area (Å²) in [5.74, 6) is 0.875. The summed E-state index contributed by atoms with van der Waals surface area (Å²) in [6, 6.07) is 7.30. The molecule has 0 radical (unpaired) electrons. The maximum absolute atomic E-state index is 12.7. The van der Waals surface area contributed by atoms with Gasteiger partial charge >= 0.3 is 0 Å². The summed E-state index contributed by atoms with van der Waals surface area (Å²) < 4.78 is 5.61. The van der Waals surface area contributed by atoms with Gasteiger partial charge in [-0.15, -0.1) is 0 Å². The molecule has 1 saturated heterocycles. The number of nitrogens with zero attached hydrogens (tertiary/aromatic N) is 3. The molecule has 26 heavy (non-hydrogen) atoms. The topological polar surface area (TPSA) is 70.2 Å². The first kappa shape index (κ1) is 16.9. The van der Waals surface area contributed by atoms with Crippen LogP contribution in [0.25, 0.3) is 0 Å². The fourth-order valence-electron chi connectivity index (χ4n) is 3.49. The second-order valence-electron chi connectivity index (χ2n) is 7.03. The van der Waals surface area contributed by atoms with Crippen LogP contribution in [0.5, 0.6) is 5.75 Å². The monoisotopic (exact) mass is 357 g/mol. The van der Waals surface area contributed by atoms with Crippen molar-refractivity contribution >= 4 is 23.4 Å². The number of hydrogen-bond donors (Lipinski definition) is 0. The van der Waals surface area contributed by atoms with Gasteiger partial charge in [0, 0.05) is 32.1 Å². The Kier molecular flexibility index (Phi) is 4.53. The summed E-state index contributed by atoms with van der Waals surface area (Å²) >= 11 is 0. The van der Waals surface area contributed by atoms with E-state index in [9.17, 15) is 14.4 Å². The number of benzene rings is 1. The SMILES string of the molecule is O=C(CN1C(=O)CCOc2ccccc21)N1CCN(C(=O)C2CC2)CC1. The fraction of sp³-hybridized carbons (Fsp3) is 0.526. The van der Waals surface area contributed by atoms with Gasteiger partial charge < -0.3 is 14.5 Å². The number of ether oxygens (including phenoxy) is 1. The molecule has 0 atom stereocenters. The van der Waals surface area contributed by atoms with Gasteiger partial charge in [-0.25, -0.2) is 0 Å². The molecule has 1 saturated carbocycles. The Labute approximate surface area is 152 Å². The molecule has 2 fully saturated rings. The van der Waals surface area contributed by atoms with Crippen molar-refractivity contribution in [1.29, 1.82) is 0 Å². The Bertz CT molecular complexity index is 723. The average molecular weight is 357 g/mol. The average Bonchev–Trinajstić information content (AvgIpc) is 3.51. The third kappa shape index (κ3) is 3.38. The third-order valence-electron chi connectivity index (χ3n) is 5.19. The van der Waals surface area contributed by atoms with E-state index in [0.29, 0.717) is 44.2 Å². The van der Waals surface area contributed by atoms with Crippen LogP contribution < -0.4 is 9.64 Å². The van der Waals surface area contributed by atoms with Crippen molar-refractivity contribution < 1.29 is 19.1 Å². The van der Waals surface area contributed by atoms with E-state index in [1.54, 1.807) is 11.0 Å². The zero-order valence-electron chi connectivity index (χ0n) is 14.7. The maximum Gasteiger partial charge on any atom is 0.242 e. The van der Waals surface area contributed by atoms with Gasteiger partial charge in [0.1, 0.15) is 12.3 Å². The van der Waals surface area contributed by atoms with E-state index in [1.165, 1.54) is 4.90 Å². The van der Waals surface area contributed by atoms with Gasteiger partial charge in [0.05, 0.1) is 18.7 Å². The summed E-state index contributed by atoms with van der Waals surface area (Å²) in [4.78, 5) is 42.4. The maximum atomic E-state index is 12.7. The number of hydrogen-bond acceptors (Lipinski definition) is 4. The summed E-state index contributed by atoms with van der Waals surface area (Å²) in [6.07, 6.45) is 2.25. The second kappa shape index (κ2) is 6.97. The molecule has 0 aromatic heterocycles. The van der Waals surface area contributed by atoms with Crippen molar-refractivity contribution in [2.45, 2.75) is 19.3 Å². The van der Waals surface area contributed by atoms with Crippen molar-refractivity contribution in [1.82, 2.24) is 9.80 Å². The first-order chi connectivity index (χ1) is 12.6. The molecule has 0 unspecified atom stereocenters. The number of piperazine rings is 1. The lowest BCUT2D eigenvalue weighted by Gasteiger charge is -2.36. The van der Waals surface area contributed by atoms with Crippen LogP contribution >= 0.6 is 0 Å². The molecule has 2 aliphatic heterocycles. The molecule has 0 spiro atoms. The van der Waals surface area contributed by atoms with Crippen LogP contribution in [0, 0.1) is 5.92 Å². The smallest absolute Gasteiger partial charge is 0.242 e. The lowest BCUT2D eigenvalue weighted by Crippen LogP contribution is -2.53. The Morgan fingerprint density at radius 2 is 1.73 bits per heavy atom. The molecule has 3 aliphatic rings. The minimum absolute atomic E-state index is 0.00970. The number of anilines is 1. The van der Waals surface area contributed by atoms with Gasteiger partial charge in [0.15, 0.2) is 0 Å². The standard InChI is InChI=1S/C19H23N3O4/c23-17-7-12-26-16-4-2-1-3-15(16)22(17)13-18(24)20-8-10-21(11-9-20)19(25)14-5-6-14/h1-4,14H,5-13H2. The Hall–Kier alpha value is -2.57. The minimum Gasteiger partial charge on any atom is -0.491 e. The molecule has 0 N–H and O–H groups in total. The number of amides is 3. The molecule has 7 nitrogen and oxygen atoms in total. The van der Waals surface area contributed by atoms with Crippen LogP contribution in [0.15, 0.2) is 24.3 Å². The highest BCUT2D eigenvalue weighted by molar-refractivity contribution is 6.00. The molecule has 138 valence electrons. The van der Waals surface area contributed by atoms with Crippen molar-refractivity contribution in [3.05, 3.63) is 24.3 Å². The molecule has 3 amide bonds. The van der Waals surface area contributed by atoms with Crippen LogP contribution in [0.2, 0.25) is 0 Å². The third-order valence-corrected chi connectivity index (χ3v) is 5.19. The predicted molar refractivity (Wildman–Crippen MR) is 94.8 cm³/mol. The minimum atomic E-state index is -0.106. The lowest BCUT2D eigenvalue weighted by atomic mass is 10.2. The Morgan fingerprint density at radius 1 is 1.04 bits per heavy atom. The largest absolute Gasteiger partial charge is 0.491 e. The quantitative estimate of drug-likeness (QED) is 0.805. The summed E-state index contributed by atoms with van der Waals surface area (Å²) in [7, 11) is 0. The number of carbonyl (C=O) groups is 3. The first-order valence-corrected chi connectivity index (χ1v) is 9.22. The number of carbonyl (C=O) groups excluding carboxylic acids is 3. The van der Waals surface area contributed by atoms with Crippen LogP contribution in [0.3, 0.4) is 0 Å². The molecular formula is C19H23N3O4. The molecule has 1 aliphatic carbocycles. The molecule has 1 aromatic rings. The van der Waals surface area contributed by atoms with Crippen LogP contribution in [-0.2, 0) is 14.4 Å². The summed E-state index contributed by atoms with van der Waals surface area (Å²) in [5, 5.41) is 0. The molecule has 1 aromatic carbocycles. The van der Waals surface area contributed by atoms with Gasteiger partial charge in [-0.1, -0.05) is 12.1 Å². The second-order valence-corrected chi connectivity index (χ2v) is 7.03. The van der Waals surface area contributed by atoms with Crippen molar-refractivity contribution in [2.24, 2.45) is 5.92 Å². The van der Waals surface area contributed by atoms with Gasteiger partial charge in [0.2, 0.25) is 17.7 Å². The zero-order chi connectivity index (χ0) is 18.1. The molecule has 7 heteroatoms. The highest BCUT2D eigenvalue weighted by Gasteiger charge is 2.35. The van der Waals surface area contributed by atoms with Crippen LogP contribution in [0.4, 0.5) is 5.69 Å². The Balaban J connectivity index is 1.40. The van der Waals surface area contributed by atoms with Crippen molar-refractivity contribution in [3.8, 4) is 5.75 Å².